The molecule has 0 aliphatic heterocycles. The number of aromatic nitrogens is 1. The zero-order valence-electron chi connectivity index (χ0n) is 12.8. The van der Waals surface area contributed by atoms with Gasteiger partial charge < -0.3 is 0 Å². The highest BCUT2D eigenvalue weighted by molar-refractivity contribution is 7.11. The molecule has 0 bridgehead atoms. The van der Waals surface area contributed by atoms with E-state index in [-0.39, 0.29) is 5.91 Å². The van der Waals surface area contributed by atoms with Crippen molar-refractivity contribution < 1.29 is 4.79 Å². The number of fused-ring (bicyclic) bond motifs is 1. The number of amides is 1. The summed E-state index contributed by atoms with van der Waals surface area (Å²) < 4.78 is 0. The van der Waals surface area contributed by atoms with Crippen molar-refractivity contribution in [2.24, 2.45) is 5.10 Å². The highest BCUT2D eigenvalue weighted by atomic mass is 32.1. The Morgan fingerprint density at radius 2 is 2.17 bits per heavy atom. The van der Waals surface area contributed by atoms with Gasteiger partial charge in [0.1, 0.15) is 0 Å². The molecule has 23 heavy (non-hydrogen) atoms. The molecule has 1 aromatic carbocycles. The lowest BCUT2D eigenvalue weighted by Crippen LogP contribution is -2.18. The van der Waals surface area contributed by atoms with Crippen LogP contribution in [-0.2, 0) is 6.42 Å². The molecule has 1 N–H and O–H groups in total. The Labute approximate surface area is 138 Å². The number of aryl methyl sites for hydroxylation is 1. The summed E-state index contributed by atoms with van der Waals surface area (Å²) in [5.74, 6) is -0.214. The SMILES string of the molecule is CCCc1cc(C(=O)N/N=C\c2cccs2)c2ccccc2n1. The Kier molecular flexibility index (Phi) is 4.78. The molecule has 2 aromatic heterocycles. The van der Waals surface area contributed by atoms with Crippen molar-refractivity contribution in [1.29, 1.82) is 0 Å². The van der Waals surface area contributed by atoms with Crippen molar-refractivity contribution in [1.82, 2.24) is 10.4 Å². The van der Waals surface area contributed by atoms with E-state index in [0.717, 1.165) is 34.3 Å². The molecule has 0 aliphatic carbocycles. The summed E-state index contributed by atoms with van der Waals surface area (Å²) >= 11 is 1.57. The van der Waals surface area contributed by atoms with Gasteiger partial charge in [-0.2, -0.15) is 5.10 Å². The van der Waals surface area contributed by atoms with Gasteiger partial charge in [-0.25, -0.2) is 5.43 Å². The van der Waals surface area contributed by atoms with Gasteiger partial charge in [0.2, 0.25) is 0 Å². The maximum absolute atomic E-state index is 12.5. The molecule has 4 nitrogen and oxygen atoms in total. The second-order valence-electron chi connectivity index (χ2n) is 5.14. The molecule has 0 spiro atoms. The normalized spacial score (nSPS) is 11.2. The van der Waals surface area contributed by atoms with E-state index in [9.17, 15) is 4.79 Å². The van der Waals surface area contributed by atoms with Crippen molar-refractivity contribution in [3.63, 3.8) is 0 Å². The number of pyridine rings is 1. The lowest BCUT2D eigenvalue weighted by molar-refractivity contribution is 0.0956. The summed E-state index contributed by atoms with van der Waals surface area (Å²) in [6.45, 7) is 2.10. The van der Waals surface area contributed by atoms with E-state index in [1.165, 1.54) is 0 Å². The van der Waals surface area contributed by atoms with Crippen molar-refractivity contribution in [3.05, 3.63) is 64.0 Å². The Morgan fingerprint density at radius 1 is 1.30 bits per heavy atom. The first-order valence-electron chi connectivity index (χ1n) is 7.53. The number of hydrogen-bond donors (Lipinski definition) is 1. The molecule has 0 aliphatic rings. The van der Waals surface area contributed by atoms with Crippen molar-refractivity contribution in [2.45, 2.75) is 19.8 Å². The van der Waals surface area contributed by atoms with E-state index in [4.69, 9.17) is 0 Å². The van der Waals surface area contributed by atoms with Crippen LogP contribution in [0.1, 0.15) is 34.3 Å². The lowest BCUT2D eigenvalue weighted by atomic mass is 10.1. The number of thiophene rings is 1. The highest BCUT2D eigenvalue weighted by Crippen LogP contribution is 2.19. The standard InChI is InChI=1S/C18H17N3OS/c1-2-6-13-11-16(15-8-3-4-9-17(15)20-13)18(22)21-19-12-14-7-5-10-23-14/h3-5,7-12H,2,6H2,1H3,(H,21,22)/b19-12-. The number of hydrogen-bond acceptors (Lipinski definition) is 4. The van der Waals surface area contributed by atoms with Crippen molar-refractivity contribution in [3.8, 4) is 0 Å². The van der Waals surface area contributed by atoms with Crippen molar-refractivity contribution in [2.75, 3.05) is 0 Å². The summed E-state index contributed by atoms with van der Waals surface area (Å²) in [7, 11) is 0. The first kappa shape index (κ1) is 15.4. The second-order valence-corrected chi connectivity index (χ2v) is 6.12. The van der Waals surface area contributed by atoms with Gasteiger partial charge in [0.25, 0.3) is 5.91 Å². The number of para-hydroxylation sites is 1. The van der Waals surface area contributed by atoms with Gasteiger partial charge in [-0.05, 0) is 30.0 Å². The van der Waals surface area contributed by atoms with Crippen LogP contribution in [0.4, 0.5) is 0 Å². The Balaban J connectivity index is 1.89. The molecule has 0 radical (unpaired) electrons. The lowest BCUT2D eigenvalue weighted by Gasteiger charge is -2.08. The number of rotatable bonds is 5. The van der Waals surface area contributed by atoms with Gasteiger partial charge in [-0.1, -0.05) is 37.6 Å². The Bertz CT molecular complexity index is 841. The monoisotopic (exact) mass is 323 g/mol. The van der Waals surface area contributed by atoms with E-state index in [1.807, 2.05) is 47.8 Å². The molecule has 0 saturated carbocycles. The quantitative estimate of drug-likeness (QED) is 0.570. The van der Waals surface area contributed by atoms with Crippen LogP contribution in [0.25, 0.3) is 10.9 Å². The van der Waals surface area contributed by atoms with Crippen molar-refractivity contribution >= 4 is 34.4 Å². The minimum atomic E-state index is -0.214. The van der Waals surface area contributed by atoms with Gasteiger partial charge in [0, 0.05) is 16.0 Å². The fourth-order valence-electron chi connectivity index (χ4n) is 2.38. The average molecular weight is 323 g/mol. The first-order valence-corrected chi connectivity index (χ1v) is 8.41. The summed E-state index contributed by atoms with van der Waals surface area (Å²) in [4.78, 5) is 18.1. The number of nitrogens with zero attached hydrogens (tertiary/aromatic N) is 2. The summed E-state index contributed by atoms with van der Waals surface area (Å²) in [5.41, 5.74) is 4.99. The first-order chi connectivity index (χ1) is 11.3. The number of hydrazone groups is 1. The second kappa shape index (κ2) is 7.15. The molecule has 116 valence electrons. The molecule has 0 atom stereocenters. The third-order valence-electron chi connectivity index (χ3n) is 3.42. The highest BCUT2D eigenvalue weighted by Gasteiger charge is 2.12. The van der Waals surface area contributed by atoms with Gasteiger partial charge in [0.15, 0.2) is 0 Å². The van der Waals surface area contributed by atoms with Gasteiger partial charge in [-0.3, -0.25) is 9.78 Å². The largest absolute Gasteiger partial charge is 0.272 e. The fourth-order valence-corrected chi connectivity index (χ4v) is 2.97. The molecule has 3 rings (SSSR count). The van der Waals surface area contributed by atoms with Crippen LogP contribution in [-0.4, -0.2) is 17.1 Å². The molecular weight excluding hydrogens is 306 g/mol. The maximum Gasteiger partial charge on any atom is 0.272 e. The molecule has 3 aromatic rings. The number of carbonyl (C=O) groups is 1. The molecule has 2 heterocycles. The van der Waals surface area contributed by atoms with Crippen LogP contribution in [0.15, 0.2) is 52.9 Å². The van der Waals surface area contributed by atoms with Gasteiger partial charge in [-0.15, -0.1) is 11.3 Å². The van der Waals surface area contributed by atoms with Crippen LogP contribution < -0.4 is 5.43 Å². The minimum Gasteiger partial charge on any atom is -0.267 e. The van der Waals surface area contributed by atoms with Crippen LogP contribution in [0.2, 0.25) is 0 Å². The third-order valence-corrected chi connectivity index (χ3v) is 4.23. The zero-order valence-corrected chi connectivity index (χ0v) is 13.6. The molecule has 0 fully saturated rings. The predicted octanol–water partition coefficient (Wildman–Crippen LogP) is 4.01. The summed E-state index contributed by atoms with van der Waals surface area (Å²) in [6, 6.07) is 13.4. The molecular formula is C18H17N3OS. The average Bonchev–Trinajstić information content (AvgIpc) is 3.07. The van der Waals surface area contributed by atoms with Crippen LogP contribution >= 0.6 is 11.3 Å². The van der Waals surface area contributed by atoms with E-state index in [0.29, 0.717) is 5.56 Å². The van der Waals surface area contributed by atoms with Gasteiger partial charge >= 0.3 is 0 Å². The predicted molar refractivity (Wildman–Crippen MR) is 95.1 cm³/mol. The Morgan fingerprint density at radius 3 is 2.96 bits per heavy atom. The molecule has 0 unspecified atom stereocenters. The number of benzene rings is 1. The maximum atomic E-state index is 12.5. The van der Waals surface area contributed by atoms with E-state index in [2.05, 4.69) is 22.4 Å². The van der Waals surface area contributed by atoms with Gasteiger partial charge in [0.05, 0.1) is 17.3 Å². The van der Waals surface area contributed by atoms with E-state index < -0.39 is 0 Å². The summed E-state index contributed by atoms with van der Waals surface area (Å²) in [6.07, 6.45) is 3.49. The van der Waals surface area contributed by atoms with Crippen LogP contribution in [0.3, 0.4) is 0 Å². The zero-order chi connectivity index (χ0) is 16.1. The van der Waals surface area contributed by atoms with Crippen LogP contribution in [0.5, 0.6) is 0 Å². The van der Waals surface area contributed by atoms with E-state index in [1.54, 1.807) is 17.6 Å². The number of carbonyl (C=O) groups excluding carboxylic acids is 1. The smallest absolute Gasteiger partial charge is 0.267 e. The van der Waals surface area contributed by atoms with Crippen LogP contribution in [0, 0.1) is 0 Å². The third kappa shape index (κ3) is 3.63. The van der Waals surface area contributed by atoms with E-state index >= 15 is 0 Å². The number of nitrogens with one attached hydrogen (secondary N) is 1. The Hall–Kier alpha value is -2.53. The molecule has 0 saturated heterocycles. The molecule has 1 amide bonds. The topological polar surface area (TPSA) is 54.4 Å². The molecule has 5 heteroatoms. The minimum absolute atomic E-state index is 0.214. The summed E-state index contributed by atoms with van der Waals surface area (Å²) in [5, 5.41) is 6.85. The fraction of sp³-hybridized carbons (Fsp3) is 0.167.